The number of rotatable bonds is 10. The van der Waals surface area contributed by atoms with Crippen LogP contribution in [0, 0.1) is 5.41 Å². The highest BCUT2D eigenvalue weighted by atomic mass is 16.5. The minimum Gasteiger partial charge on any atom is -0.497 e. The molecule has 0 radical (unpaired) electrons. The first-order valence-corrected chi connectivity index (χ1v) is 10.3. The van der Waals surface area contributed by atoms with Crippen LogP contribution in [0.3, 0.4) is 0 Å². The van der Waals surface area contributed by atoms with E-state index in [1.807, 2.05) is 39.0 Å². The van der Waals surface area contributed by atoms with Crippen molar-refractivity contribution in [2.75, 3.05) is 33.4 Å². The molecule has 0 heterocycles. The highest BCUT2D eigenvalue weighted by Crippen LogP contribution is 2.49. The van der Waals surface area contributed by atoms with E-state index in [1.165, 1.54) is 0 Å². The van der Waals surface area contributed by atoms with Crippen LogP contribution in [0.2, 0.25) is 0 Å². The van der Waals surface area contributed by atoms with Crippen LogP contribution in [0.4, 0.5) is 0 Å². The maximum atomic E-state index is 13.0. The monoisotopic (exact) mass is 391 g/mol. The molecule has 1 aliphatic rings. The van der Waals surface area contributed by atoms with Crippen molar-refractivity contribution < 1.29 is 14.3 Å². The molecule has 1 amide bonds. The number of carbonyl (C=O) groups is 1. The van der Waals surface area contributed by atoms with E-state index in [9.17, 15) is 4.79 Å². The van der Waals surface area contributed by atoms with Crippen LogP contribution in [-0.4, -0.2) is 55.8 Å². The zero-order valence-corrected chi connectivity index (χ0v) is 18.2. The quantitative estimate of drug-likeness (QED) is 0.641. The Morgan fingerprint density at radius 1 is 1.32 bits per heavy atom. The summed E-state index contributed by atoms with van der Waals surface area (Å²) in [7, 11) is 1.67. The predicted molar refractivity (Wildman–Crippen MR) is 112 cm³/mol. The number of methoxy groups -OCH3 is 1. The van der Waals surface area contributed by atoms with Gasteiger partial charge in [-0.15, -0.1) is 0 Å². The van der Waals surface area contributed by atoms with Crippen LogP contribution in [0.5, 0.6) is 5.75 Å². The molecule has 6 nitrogen and oxygen atoms in total. The molecule has 1 aromatic carbocycles. The predicted octanol–water partition coefficient (Wildman–Crippen LogP) is 2.73. The summed E-state index contributed by atoms with van der Waals surface area (Å²) in [6.45, 7) is 13.2. The molecule has 0 aliphatic heterocycles. The molecular formula is C22H37N3O3. The third-order valence-corrected chi connectivity index (χ3v) is 6.42. The van der Waals surface area contributed by atoms with Gasteiger partial charge in [-0.1, -0.05) is 39.8 Å². The Kier molecular flexibility index (Phi) is 7.48. The normalized spacial score (nSPS) is 24.5. The molecule has 1 fully saturated rings. The van der Waals surface area contributed by atoms with E-state index in [4.69, 9.17) is 15.2 Å². The lowest BCUT2D eigenvalue weighted by atomic mass is 9.54. The first-order valence-electron chi connectivity index (χ1n) is 10.3. The molecule has 2 rings (SSSR count). The minimum atomic E-state index is -0.908. The van der Waals surface area contributed by atoms with Crippen LogP contribution in [-0.2, 0) is 9.53 Å². The van der Waals surface area contributed by atoms with Gasteiger partial charge < -0.3 is 20.5 Å². The van der Waals surface area contributed by atoms with Crippen LogP contribution in [0.25, 0.3) is 0 Å². The average molecular weight is 392 g/mol. The molecule has 28 heavy (non-hydrogen) atoms. The number of ether oxygens (including phenoxy) is 2. The van der Waals surface area contributed by atoms with Crippen LogP contribution < -0.4 is 15.8 Å². The Morgan fingerprint density at radius 3 is 2.54 bits per heavy atom. The molecule has 0 spiro atoms. The van der Waals surface area contributed by atoms with E-state index in [2.05, 4.69) is 30.1 Å². The Morgan fingerprint density at radius 2 is 2.00 bits per heavy atom. The van der Waals surface area contributed by atoms with Crippen LogP contribution in [0.15, 0.2) is 24.3 Å². The van der Waals surface area contributed by atoms with Crippen LogP contribution in [0.1, 0.15) is 52.6 Å². The zero-order chi connectivity index (χ0) is 20.9. The highest BCUT2D eigenvalue weighted by Gasteiger charge is 2.62. The Bertz CT molecular complexity index is 660. The summed E-state index contributed by atoms with van der Waals surface area (Å²) in [5.74, 6) is 0.712. The van der Waals surface area contributed by atoms with Crippen molar-refractivity contribution in [2.24, 2.45) is 11.1 Å². The van der Waals surface area contributed by atoms with Crippen molar-refractivity contribution in [3.05, 3.63) is 29.8 Å². The molecule has 0 aromatic heterocycles. The van der Waals surface area contributed by atoms with Gasteiger partial charge in [-0.2, -0.15) is 0 Å². The lowest BCUT2D eigenvalue weighted by molar-refractivity contribution is -0.170. The van der Waals surface area contributed by atoms with Crippen LogP contribution >= 0.6 is 0 Å². The number of nitrogens with one attached hydrogen (secondary N) is 1. The largest absolute Gasteiger partial charge is 0.497 e. The smallest absolute Gasteiger partial charge is 0.240 e. The van der Waals surface area contributed by atoms with Gasteiger partial charge in [0.2, 0.25) is 5.91 Å². The summed E-state index contributed by atoms with van der Waals surface area (Å²) in [6, 6.07) is 8.09. The Balaban J connectivity index is 2.14. The summed E-state index contributed by atoms with van der Waals surface area (Å²) in [5.41, 5.74) is 6.35. The zero-order valence-electron chi connectivity index (χ0n) is 18.2. The number of likely N-dealkylation sites (N-methyl/N-ethyl adjacent to an activating group) is 1. The van der Waals surface area contributed by atoms with Crippen molar-refractivity contribution in [1.82, 2.24) is 10.2 Å². The number of nitrogens with zero attached hydrogens (tertiary/aromatic N) is 1. The van der Waals surface area contributed by atoms with Gasteiger partial charge in [0.1, 0.15) is 11.3 Å². The van der Waals surface area contributed by atoms with E-state index in [1.54, 1.807) is 7.11 Å². The van der Waals surface area contributed by atoms with Gasteiger partial charge >= 0.3 is 0 Å². The van der Waals surface area contributed by atoms with Gasteiger partial charge in [0.15, 0.2) is 0 Å². The third kappa shape index (κ3) is 4.19. The minimum absolute atomic E-state index is 0.0187. The number of hydrogen-bond donors (Lipinski definition) is 2. The summed E-state index contributed by atoms with van der Waals surface area (Å²) in [5, 5.41) is 3.13. The van der Waals surface area contributed by atoms with E-state index in [0.29, 0.717) is 19.6 Å². The molecule has 3 N–H and O–H groups in total. The summed E-state index contributed by atoms with van der Waals surface area (Å²) >= 11 is 0. The molecule has 3 atom stereocenters. The van der Waals surface area contributed by atoms with Crippen molar-refractivity contribution in [2.45, 2.75) is 58.7 Å². The maximum Gasteiger partial charge on any atom is 0.240 e. The number of carbonyl (C=O) groups excluding carboxylic acids is 1. The maximum absolute atomic E-state index is 13.0. The van der Waals surface area contributed by atoms with E-state index >= 15 is 0 Å². The number of nitrogens with two attached hydrogens (primary N) is 1. The molecular weight excluding hydrogens is 354 g/mol. The summed E-state index contributed by atoms with van der Waals surface area (Å²) in [6.07, 6.45) is 0.569. The van der Waals surface area contributed by atoms with E-state index in [0.717, 1.165) is 24.4 Å². The van der Waals surface area contributed by atoms with Gasteiger partial charge in [-0.3, -0.25) is 9.69 Å². The molecule has 3 unspecified atom stereocenters. The molecule has 0 saturated heterocycles. The van der Waals surface area contributed by atoms with E-state index < -0.39 is 11.0 Å². The van der Waals surface area contributed by atoms with Gasteiger partial charge in [0.05, 0.1) is 19.3 Å². The van der Waals surface area contributed by atoms with Gasteiger partial charge in [-0.25, -0.2) is 0 Å². The van der Waals surface area contributed by atoms with E-state index in [-0.39, 0.29) is 18.1 Å². The molecule has 1 aromatic rings. The van der Waals surface area contributed by atoms with Crippen molar-refractivity contribution in [1.29, 1.82) is 0 Å². The number of amides is 1. The molecule has 0 bridgehead atoms. The summed E-state index contributed by atoms with van der Waals surface area (Å²) < 4.78 is 11.1. The average Bonchev–Trinajstić information content (AvgIpc) is 2.70. The fourth-order valence-corrected chi connectivity index (χ4v) is 4.14. The topological polar surface area (TPSA) is 76.8 Å². The lowest BCUT2D eigenvalue weighted by Crippen LogP contribution is -2.76. The standard InChI is InChI=1S/C22H37N3O3/c1-7-25(8-2)18(16-11-10-12-17(13-16)27-6)15-24-20(26)22(23)14-19(28-9-3)21(22,4)5/h10-13,18-19H,7-9,14-15,23H2,1-6H3,(H,24,26). The second-order valence-corrected chi connectivity index (χ2v) is 8.06. The van der Waals surface area contributed by atoms with Crippen molar-refractivity contribution in [3.8, 4) is 5.75 Å². The second-order valence-electron chi connectivity index (χ2n) is 8.06. The molecule has 1 aliphatic carbocycles. The fraction of sp³-hybridized carbons (Fsp3) is 0.682. The second kappa shape index (κ2) is 9.25. The van der Waals surface area contributed by atoms with Crippen molar-refractivity contribution in [3.63, 3.8) is 0 Å². The number of benzene rings is 1. The van der Waals surface area contributed by atoms with Gasteiger partial charge in [0.25, 0.3) is 0 Å². The lowest BCUT2D eigenvalue weighted by Gasteiger charge is -2.57. The first kappa shape index (κ1) is 22.7. The van der Waals surface area contributed by atoms with Gasteiger partial charge in [0, 0.05) is 25.0 Å². The SMILES string of the molecule is CCOC1CC(N)(C(=O)NCC(c2cccc(OC)c2)N(CC)CC)C1(C)C. The third-order valence-electron chi connectivity index (χ3n) is 6.42. The highest BCUT2D eigenvalue weighted by molar-refractivity contribution is 5.88. The molecule has 1 saturated carbocycles. The van der Waals surface area contributed by atoms with Gasteiger partial charge in [-0.05, 0) is 37.7 Å². The molecule has 158 valence electrons. The first-order chi connectivity index (χ1) is 13.2. The van der Waals surface area contributed by atoms with Crippen molar-refractivity contribution >= 4 is 5.91 Å². The number of hydrogen-bond acceptors (Lipinski definition) is 5. The Labute approximate surface area is 169 Å². The fourth-order valence-electron chi connectivity index (χ4n) is 4.14. The Hall–Kier alpha value is -1.63. The molecule has 6 heteroatoms. The summed E-state index contributed by atoms with van der Waals surface area (Å²) in [4.78, 5) is 15.4.